The van der Waals surface area contributed by atoms with Gasteiger partial charge in [0.25, 0.3) is 5.56 Å². The number of nitrogens with zero attached hydrogens (tertiary/aromatic N) is 1. The standard InChI is InChI=1S/C19H23N3O4/c1-12(14-3-2-4-16-15(14)7-10-26-16)20-17-11-18(23)22(19(24)21-17)13-5-8-25-9-6-13/h2-4,11-13,20H,5-10H2,1H3,(H,21,24)/t12-/m0/s1. The molecule has 0 aliphatic carbocycles. The van der Waals surface area contributed by atoms with Crippen LogP contribution in [0, 0.1) is 0 Å². The average molecular weight is 357 g/mol. The van der Waals surface area contributed by atoms with Crippen LogP contribution in [0.2, 0.25) is 0 Å². The van der Waals surface area contributed by atoms with Crippen LogP contribution in [-0.4, -0.2) is 29.4 Å². The van der Waals surface area contributed by atoms with Crippen molar-refractivity contribution in [3.05, 3.63) is 56.2 Å². The lowest BCUT2D eigenvalue weighted by atomic mass is 9.99. The summed E-state index contributed by atoms with van der Waals surface area (Å²) in [6.07, 6.45) is 2.24. The third-order valence-corrected chi connectivity index (χ3v) is 5.14. The number of anilines is 1. The second-order valence-electron chi connectivity index (χ2n) is 6.83. The van der Waals surface area contributed by atoms with Crippen molar-refractivity contribution in [3.8, 4) is 5.75 Å². The molecule has 2 N–H and O–H groups in total. The Morgan fingerprint density at radius 2 is 2.04 bits per heavy atom. The summed E-state index contributed by atoms with van der Waals surface area (Å²) in [5.74, 6) is 1.35. The molecule has 26 heavy (non-hydrogen) atoms. The quantitative estimate of drug-likeness (QED) is 0.874. The van der Waals surface area contributed by atoms with Crippen molar-refractivity contribution < 1.29 is 9.47 Å². The van der Waals surface area contributed by atoms with Crippen molar-refractivity contribution in [2.24, 2.45) is 0 Å². The zero-order chi connectivity index (χ0) is 18.1. The predicted octanol–water partition coefficient (Wildman–Crippen LogP) is 2.00. The summed E-state index contributed by atoms with van der Waals surface area (Å²) in [7, 11) is 0. The first kappa shape index (κ1) is 16.9. The van der Waals surface area contributed by atoms with Crippen LogP contribution < -0.4 is 21.3 Å². The highest BCUT2D eigenvalue weighted by molar-refractivity contribution is 5.47. The molecule has 7 nitrogen and oxygen atoms in total. The van der Waals surface area contributed by atoms with Gasteiger partial charge in [0.05, 0.1) is 12.6 Å². The number of benzene rings is 1. The fraction of sp³-hybridized carbons (Fsp3) is 0.474. The molecule has 0 saturated carbocycles. The Kier molecular flexibility index (Phi) is 4.55. The molecule has 3 heterocycles. The molecule has 1 saturated heterocycles. The summed E-state index contributed by atoms with van der Waals surface area (Å²) in [6, 6.07) is 7.29. The van der Waals surface area contributed by atoms with E-state index in [0.717, 1.165) is 17.7 Å². The number of fused-ring (bicyclic) bond motifs is 1. The summed E-state index contributed by atoms with van der Waals surface area (Å²) in [5.41, 5.74) is 1.65. The second-order valence-corrected chi connectivity index (χ2v) is 6.83. The molecule has 0 radical (unpaired) electrons. The zero-order valence-electron chi connectivity index (χ0n) is 14.8. The van der Waals surface area contributed by atoms with Gasteiger partial charge in [0, 0.05) is 37.3 Å². The van der Waals surface area contributed by atoms with E-state index in [2.05, 4.69) is 10.3 Å². The summed E-state index contributed by atoms with van der Waals surface area (Å²) >= 11 is 0. The summed E-state index contributed by atoms with van der Waals surface area (Å²) in [5, 5.41) is 3.25. The topological polar surface area (TPSA) is 85.4 Å². The number of aromatic amines is 1. The van der Waals surface area contributed by atoms with Gasteiger partial charge in [0.2, 0.25) is 0 Å². The number of nitrogens with one attached hydrogen (secondary N) is 2. The van der Waals surface area contributed by atoms with Crippen LogP contribution in [0.1, 0.15) is 43.0 Å². The lowest BCUT2D eigenvalue weighted by molar-refractivity contribution is 0.0674. The predicted molar refractivity (Wildman–Crippen MR) is 98.1 cm³/mol. The van der Waals surface area contributed by atoms with Crippen LogP contribution >= 0.6 is 0 Å². The van der Waals surface area contributed by atoms with Gasteiger partial charge in [-0.2, -0.15) is 0 Å². The van der Waals surface area contributed by atoms with E-state index in [-0.39, 0.29) is 23.3 Å². The molecule has 7 heteroatoms. The normalized spacial score (nSPS) is 18.2. The third-order valence-electron chi connectivity index (χ3n) is 5.14. The molecule has 1 atom stereocenters. The fourth-order valence-electron chi connectivity index (χ4n) is 3.84. The third kappa shape index (κ3) is 3.14. The lowest BCUT2D eigenvalue weighted by Crippen LogP contribution is -2.40. The molecule has 4 rings (SSSR count). The average Bonchev–Trinajstić information content (AvgIpc) is 3.10. The van der Waals surface area contributed by atoms with Crippen molar-refractivity contribution in [1.29, 1.82) is 0 Å². The largest absolute Gasteiger partial charge is 0.493 e. The first-order valence-corrected chi connectivity index (χ1v) is 9.08. The van der Waals surface area contributed by atoms with Gasteiger partial charge in [-0.15, -0.1) is 0 Å². The van der Waals surface area contributed by atoms with E-state index in [4.69, 9.17) is 9.47 Å². The maximum Gasteiger partial charge on any atom is 0.330 e. The highest BCUT2D eigenvalue weighted by Crippen LogP contribution is 2.32. The minimum atomic E-state index is -0.374. The molecule has 2 aliphatic rings. The molecular formula is C19H23N3O4. The van der Waals surface area contributed by atoms with Crippen LogP contribution in [-0.2, 0) is 11.2 Å². The van der Waals surface area contributed by atoms with E-state index >= 15 is 0 Å². The Hall–Kier alpha value is -2.54. The van der Waals surface area contributed by atoms with E-state index in [0.29, 0.717) is 38.5 Å². The molecule has 138 valence electrons. The van der Waals surface area contributed by atoms with E-state index in [1.54, 1.807) is 0 Å². The number of aromatic nitrogens is 2. The Labute approximate surface area is 151 Å². The molecule has 1 fully saturated rings. The van der Waals surface area contributed by atoms with Gasteiger partial charge in [0.1, 0.15) is 11.6 Å². The maximum atomic E-state index is 12.5. The number of hydrogen-bond acceptors (Lipinski definition) is 5. The molecule has 1 aromatic carbocycles. The molecule has 0 amide bonds. The van der Waals surface area contributed by atoms with Gasteiger partial charge < -0.3 is 14.8 Å². The minimum absolute atomic E-state index is 0.0550. The van der Waals surface area contributed by atoms with Gasteiger partial charge in [-0.25, -0.2) is 4.79 Å². The fourth-order valence-corrected chi connectivity index (χ4v) is 3.84. The molecule has 0 spiro atoms. The first-order chi connectivity index (χ1) is 12.6. The number of rotatable bonds is 4. The molecule has 2 aromatic rings. The van der Waals surface area contributed by atoms with Gasteiger partial charge in [-0.3, -0.25) is 14.3 Å². The molecular weight excluding hydrogens is 334 g/mol. The van der Waals surface area contributed by atoms with Crippen LogP contribution in [0.3, 0.4) is 0 Å². The number of hydrogen-bond donors (Lipinski definition) is 2. The summed E-state index contributed by atoms with van der Waals surface area (Å²) in [6.45, 7) is 3.86. The Morgan fingerprint density at radius 1 is 1.23 bits per heavy atom. The minimum Gasteiger partial charge on any atom is -0.493 e. The molecule has 0 bridgehead atoms. The van der Waals surface area contributed by atoms with Gasteiger partial charge in [-0.1, -0.05) is 12.1 Å². The van der Waals surface area contributed by atoms with Gasteiger partial charge in [0.15, 0.2) is 0 Å². The van der Waals surface area contributed by atoms with Crippen molar-refractivity contribution in [3.63, 3.8) is 0 Å². The molecule has 1 aromatic heterocycles. The highest BCUT2D eigenvalue weighted by Gasteiger charge is 2.21. The highest BCUT2D eigenvalue weighted by atomic mass is 16.5. The molecule has 2 aliphatic heterocycles. The second kappa shape index (κ2) is 6.99. The summed E-state index contributed by atoms with van der Waals surface area (Å²) < 4.78 is 12.2. The maximum absolute atomic E-state index is 12.5. The number of H-pyrrole nitrogens is 1. The smallest absolute Gasteiger partial charge is 0.330 e. The SMILES string of the molecule is C[C@H](Nc1cc(=O)n(C2CCOCC2)c(=O)[nH]1)c1cccc2c1CCO2. The van der Waals surface area contributed by atoms with Crippen LogP contribution in [0.5, 0.6) is 5.75 Å². The van der Waals surface area contributed by atoms with E-state index in [1.165, 1.54) is 16.2 Å². The van der Waals surface area contributed by atoms with Crippen molar-refractivity contribution in [2.45, 2.75) is 38.3 Å². The van der Waals surface area contributed by atoms with Crippen molar-refractivity contribution in [1.82, 2.24) is 9.55 Å². The number of ether oxygens (including phenoxy) is 2. The molecule has 0 unspecified atom stereocenters. The van der Waals surface area contributed by atoms with E-state index in [1.807, 2.05) is 25.1 Å². The summed E-state index contributed by atoms with van der Waals surface area (Å²) in [4.78, 5) is 27.8. The van der Waals surface area contributed by atoms with Crippen LogP contribution in [0.4, 0.5) is 5.82 Å². The Balaban J connectivity index is 1.58. The van der Waals surface area contributed by atoms with E-state index in [9.17, 15) is 9.59 Å². The Bertz CT molecular complexity index is 880. The monoisotopic (exact) mass is 357 g/mol. The van der Waals surface area contributed by atoms with E-state index < -0.39 is 0 Å². The lowest BCUT2D eigenvalue weighted by Gasteiger charge is -2.24. The van der Waals surface area contributed by atoms with Crippen molar-refractivity contribution in [2.75, 3.05) is 25.1 Å². The van der Waals surface area contributed by atoms with Crippen LogP contribution in [0.15, 0.2) is 33.9 Å². The van der Waals surface area contributed by atoms with Gasteiger partial charge in [-0.05, 0) is 31.4 Å². The zero-order valence-corrected chi connectivity index (χ0v) is 14.8. The Morgan fingerprint density at radius 3 is 2.81 bits per heavy atom. The van der Waals surface area contributed by atoms with Gasteiger partial charge >= 0.3 is 5.69 Å². The first-order valence-electron chi connectivity index (χ1n) is 9.08. The van der Waals surface area contributed by atoms with Crippen molar-refractivity contribution >= 4 is 5.82 Å². The van der Waals surface area contributed by atoms with Crippen LogP contribution in [0.25, 0.3) is 0 Å².